The number of aliphatic hydroxyl groups excluding tert-OH is 1. The van der Waals surface area contributed by atoms with Crippen LogP contribution in [0.3, 0.4) is 0 Å². The van der Waals surface area contributed by atoms with Crippen LogP contribution in [0.4, 0.5) is 4.79 Å². The third-order valence-corrected chi connectivity index (χ3v) is 3.35. The summed E-state index contributed by atoms with van der Waals surface area (Å²) in [6.07, 6.45) is 6.57. The summed E-state index contributed by atoms with van der Waals surface area (Å²) in [6, 6.07) is -0.326. The number of rotatable bonds is 7. The van der Waals surface area contributed by atoms with E-state index in [2.05, 4.69) is 25.7 Å². The van der Waals surface area contributed by atoms with E-state index < -0.39 is 11.7 Å². The molecular weight excluding hydrogens is 306 g/mol. The Morgan fingerprint density at radius 2 is 1.83 bits per heavy atom. The predicted molar refractivity (Wildman–Crippen MR) is 97.9 cm³/mol. The van der Waals surface area contributed by atoms with Gasteiger partial charge >= 0.3 is 6.09 Å². The number of ether oxygens (including phenoxy) is 2. The van der Waals surface area contributed by atoms with Crippen LogP contribution >= 0.6 is 0 Å². The third kappa shape index (κ3) is 11.3. The van der Waals surface area contributed by atoms with Gasteiger partial charge in [0.05, 0.1) is 12.1 Å². The van der Waals surface area contributed by atoms with Crippen molar-refractivity contribution in [2.75, 3.05) is 6.61 Å². The van der Waals surface area contributed by atoms with Crippen molar-refractivity contribution in [3.8, 4) is 0 Å². The van der Waals surface area contributed by atoms with Gasteiger partial charge in [0, 0.05) is 6.61 Å². The lowest BCUT2D eigenvalue weighted by atomic mass is 10.1. The van der Waals surface area contributed by atoms with E-state index in [4.69, 9.17) is 14.6 Å². The lowest BCUT2D eigenvalue weighted by molar-refractivity contribution is 0.0458. The highest BCUT2D eigenvalue weighted by atomic mass is 16.6. The first kappa shape index (κ1) is 22.8. The van der Waals surface area contributed by atoms with Crippen molar-refractivity contribution < 1.29 is 19.4 Å². The van der Waals surface area contributed by atoms with Crippen LogP contribution in [0.5, 0.6) is 0 Å². The summed E-state index contributed by atoms with van der Waals surface area (Å²) in [5, 5.41) is 11.8. The number of alkyl carbamates (subject to hydrolysis) is 1. The number of carbonyl (C=O) groups excluding carboxylic acids is 1. The van der Waals surface area contributed by atoms with Gasteiger partial charge in [0.2, 0.25) is 0 Å². The van der Waals surface area contributed by atoms with Crippen molar-refractivity contribution >= 4 is 6.09 Å². The van der Waals surface area contributed by atoms with Crippen molar-refractivity contribution in [2.45, 2.75) is 97.3 Å². The van der Waals surface area contributed by atoms with E-state index in [0.29, 0.717) is 18.6 Å². The number of nitrogens with one attached hydrogen (secondary N) is 1. The van der Waals surface area contributed by atoms with E-state index in [1.165, 1.54) is 19.3 Å². The van der Waals surface area contributed by atoms with Gasteiger partial charge in [-0.25, -0.2) is 4.79 Å². The summed E-state index contributed by atoms with van der Waals surface area (Å²) >= 11 is 0. The third-order valence-electron chi connectivity index (χ3n) is 3.35. The second-order valence-corrected chi connectivity index (χ2v) is 7.26. The Hall–Kier alpha value is -1.23. The molecule has 1 atom stereocenters. The monoisotopic (exact) mass is 343 g/mol. The SMILES string of the molecule is C=C(OC1CCCC1)C(CCCO)NC(=O)OC(C)(C)C.CCC. The summed E-state index contributed by atoms with van der Waals surface area (Å²) in [6.45, 7) is 13.7. The highest BCUT2D eigenvalue weighted by Crippen LogP contribution is 2.24. The molecule has 1 amide bonds. The molecule has 24 heavy (non-hydrogen) atoms. The van der Waals surface area contributed by atoms with Crippen LogP contribution in [0, 0.1) is 0 Å². The van der Waals surface area contributed by atoms with E-state index in [0.717, 1.165) is 12.8 Å². The fourth-order valence-electron chi connectivity index (χ4n) is 2.36. The maximum atomic E-state index is 11.9. The summed E-state index contributed by atoms with van der Waals surface area (Å²) < 4.78 is 11.1. The Morgan fingerprint density at radius 3 is 2.29 bits per heavy atom. The quantitative estimate of drug-likeness (QED) is 0.666. The average Bonchev–Trinajstić information content (AvgIpc) is 2.95. The molecule has 1 aliphatic carbocycles. The number of aliphatic hydroxyl groups is 1. The number of hydrogen-bond acceptors (Lipinski definition) is 4. The van der Waals surface area contributed by atoms with Gasteiger partial charge in [-0.3, -0.25) is 0 Å². The van der Waals surface area contributed by atoms with Crippen LogP contribution in [-0.4, -0.2) is 35.6 Å². The number of hydrogen-bond donors (Lipinski definition) is 2. The zero-order valence-electron chi connectivity index (χ0n) is 16.2. The molecule has 1 fully saturated rings. The summed E-state index contributed by atoms with van der Waals surface area (Å²) in [5.41, 5.74) is -0.542. The lowest BCUT2D eigenvalue weighted by Gasteiger charge is -2.26. The van der Waals surface area contributed by atoms with Crippen LogP contribution < -0.4 is 5.32 Å². The van der Waals surface area contributed by atoms with Gasteiger partial charge in [-0.05, 0) is 59.3 Å². The van der Waals surface area contributed by atoms with Gasteiger partial charge in [0.25, 0.3) is 0 Å². The molecule has 1 aliphatic rings. The Kier molecular flexibility index (Phi) is 11.6. The smallest absolute Gasteiger partial charge is 0.408 e. The van der Waals surface area contributed by atoms with Gasteiger partial charge < -0.3 is 19.9 Å². The number of carbonyl (C=O) groups is 1. The second-order valence-electron chi connectivity index (χ2n) is 7.26. The molecule has 0 spiro atoms. The molecule has 0 aromatic carbocycles. The lowest BCUT2D eigenvalue weighted by Crippen LogP contribution is -2.41. The molecule has 0 aliphatic heterocycles. The van der Waals surface area contributed by atoms with Crippen molar-refractivity contribution in [1.29, 1.82) is 0 Å². The Balaban J connectivity index is 0.00000163. The molecular formula is C19H37NO4. The first-order valence-corrected chi connectivity index (χ1v) is 9.19. The molecule has 0 heterocycles. The van der Waals surface area contributed by atoms with Crippen LogP contribution in [0.2, 0.25) is 0 Å². The molecule has 0 aromatic heterocycles. The van der Waals surface area contributed by atoms with Gasteiger partial charge in [0.1, 0.15) is 11.4 Å². The average molecular weight is 344 g/mol. The second kappa shape index (κ2) is 12.2. The zero-order chi connectivity index (χ0) is 18.6. The molecule has 0 bridgehead atoms. The largest absolute Gasteiger partial charge is 0.493 e. The van der Waals surface area contributed by atoms with Crippen molar-refractivity contribution in [2.24, 2.45) is 0 Å². The number of amides is 1. The van der Waals surface area contributed by atoms with E-state index in [1.807, 2.05) is 20.8 Å². The molecule has 5 heteroatoms. The highest BCUT2D eigenvalue weighted by Gasteiger charge is 2.24. The Bertz CT molecular complexity index is 357. The van der Waals surface area contributed by atoms with E-state index in [9.17, 15) is 4.79 Å². The molecule has 1 unspecified atom stereocenters. The first-order valence-electron chi connectivity index (χ1n) is 9.19. The molecule has 1 rings (SSSR count). The fourth-order valence-corrected chi connectivity index (χ4v) is 2.36. The normalized spacial score (nSPS) is 15.9. The highest BCUT2D eigenvalue weighted by molar-refractivity contribution is 5.68. The molecule has 142 valence electrons. The molecule has 0 radical (unpaired) electrons. The van der Waals surface area contributed by atoms with E-state index in [-0.39, 0.29) is 18.8 Å². The van der Waals surface area contributed by atoms with Gasteiger partial charge in [-0.2, -0.15) is 0 Å². The van der Waals surface area contributed by atoms with Gasteiger partial charge in [-0.1, -0.05) is 26.8 Å². The van der Waals surface area contributed by atoms with E-state index in [1.54, 1.807) is 0 Å². The van der Waals surface area contributed by atoms with Crippen LogP contribution in [0.15, 0.2) is 12.3 Å². The minimum atomic E-state index is -0.542. The standard InChI is InChI=1S/C16H29NO4.C3H8/c1-12(20-13-8-5-6-9-13)14(10-7-11-18)17-15(19)21-16(2,3)4;1-3-2/h13-14,18H,1,5-11H2,2-4H3,(H,17,19);3H2,1-2H3. The summed E-state index contributed by atoms with van der Waals surface area (Å²) in [4.78, 5) is 11.9. The van der Waals surface area contributed by atoms with Crippen LogP contribution in [0.1, 0.15) is 79.6 Å². The molecule has 1 saturated carbocycles. The maximum Gasteiger partial charge on any atom is 0.408 e. The predicted octanol–water partition coefficient (Wildman–Crippen LogP) is 4.54. The van der Waals surface area contributed by atoms with E-state index >= 15 is 0 Å². The van der Waals surface area contributed by atoms with Gasteiger partial charge in [0.15, 0.2) is 0 Å². The minimum absolute atomic E-state index is 0.0726. The van der Waals surface area contributed by atoms with Crippen LogP contribution in [-0.2, 0) is 9.47 Å². The topological polar surface area (TPSA) is 67.8 Å². The Labute approximate surface area is 147 Å². The van der Waals surface area contributed by atoms with Gasteiger partial charge in [-0.15, -0.1) is 0 Å². The zero-order valence-corrected chi connectivity index (χ0v) is 16.2. The van der Waals surface area contributed by atoms with Crippen LogP contribution in [0.25, 0.3) is 0 Å². The first-order chi connectivity index (χ1) is 11.2. The van der Waals surface area contributed by atoms with Crippen molar-refractivity contribution in [3.05, 3.63) is 12.3 Å². The molecule has 2 N–H and O–H groups in total. The fraction of sp³-hybridized carbons (Fsp3) is 0.842. The molecule has 0 aromatic rings. The van der Waals surface area contributed by atoms with Crippen molar-refractivity contribution in [3.63, 3.8) is 0 Å². The van der Waals surface area contributed by atoms with Crippen molar-refractivity contribution in [1.82, 2.24) is 5.32 Å². The summed E-state index contributed by atoms with van der Waals surface area (Å²) in [7, 11) is 0. The molecule has 5 nitrogen and oxygen atoms in total. The minimum Gasteiger partial charge on any atom is -0.493 e. The maximum absolute atomic E-state index is 11.9. The summed E-state index contributed by atoms with van der Waals surface area (Å²) in [5.74, 6) is 0.557. The molecule has 0 saturated heterocycles. The Morgan fingerprint density at radius 1 is 1.29 bits per heavy atom.